The largest absolute Gasteiger partial charge is 0.368 e. The van der Waals surface area contributed by atoms with Crippen molar-refractivity contribution in [2.45, 2.75) is 0 Å². The summed E-state index contributed by atoms with van der Waals surface area (Å²) in [7, 11) is 0. The van der Waals surface area contributed by atoms with E-state index in [1.54, 1.807) is 6.33 Å². The summed E-state index contributed by atoms with van der Waals surface area (Å²) in [6.07, 6.45) is 1.73. The van der Waals surface area contributed by atoms with Gasteiger partial charge in [0.1, 0.15) is 12.1 Å². The van der Waals surface area contributed by atoms with Crippen LogP contribution in [0.15, 0.2) is 54.9 Å². The molecule has 0 saturated carbocycles. The van der Waals surface area contributed by atoms with Crippen molar-refractivity contribution in [2.75, 3.05) is 36.0 Å². The second kappa shape index (κ2) is 5.94. The topological polar surface area (TPSA) is 49.6 Å². The molecule has 4 aromatic rings. The lowest BCUT2D eigenvalue weighted by molar-refractivity contribution is 0.624. The van der Waals surface area contributed by atoms with E-state index in [9.17, 15) is 4.39 Å². The van der Waals surface area contributed by atoms with E-state index >= 15 is 0 Å². The molecule has 6 nitrogen and oxygen atoms in total. The number of para-hydroxylation sites is 2. The molecular formula is C19H17FN6. The van der Waals surface area contributed by atoms with Crippen LogP contribution < -0.4 is 9.80 Å². The van der Waals surface area contributed by atoms with Gasteiger partial charge in [0.25, 0.3) is 0 Å². The fraction of sp³-hybridized carbons (Fsp3) is 0.211. The lowest BCUT2D eigenvalue weighted by atomic mass is 10.2. The van der Waals surface area contributed by atoms with E-state index in [1.165, 1.54) is 12.1 Å². The summed E-state index contributed by atoms with van der Waals surface area (Å²) in [5.74, 6) is 0.655. The zero-order chi connectivity index (χ0) is 17.5. The molecule has 0 radical (unpaired) electrons. The van der Waals surface area contributed by atoms with Gasteiger partial charge in [-0.25, -0.2) is 9.37 Å². The van der Waals surface area contributed by atoms with Crippen LogP contribution in [0.4, 0.5) is 15.9 Å². The van der Waals surface area contributed by atoms with Crippen molar-refractivity contribution in [1.82, 2.24) is 19.6 Å². The molecule has 3 heterocycles. The zero-order valence-corrected chi connectivity index (χ0v) is 14.1. The fourth-order valence-electron chi connectivity index (χ4n) is 3.53. The first-order valence-electron chi connectivity index (χ1n) is 8.63. The number of fused-ring (bicyclic) bond motifs is 3. The van der Waals surface area contributed by atoms with Gasteiger partial charge in [-0.05, 0) is 36.4 Å². The van der Waals surface area contributed by atoms with Gasteiger partial charge >= 0.3 is 0 Å². The molecule has 0 atom stereocenters. The van der Waals surface area contributed by atoms with Gasteiger partial charge in [0.15, 0.2) is 5.82 Å². The van der Waals surface area contributed by atoms with Gasteiger partial charge in [0.2, 0.25) is 5.65 Å². The fourth-order valence-corrected chi connectivity index (χ4v) is 3.53. The Labute approximate surface area is 149 Å². The second-order valence-corrected chi connectivity index (χ2v) is 6.40. The molecule has 1 aliphatic rings. The maximum Gasteiger partial charge on any atom is 0.204 e. The van der Waals surface area contributed by atoms with Crippen LogP contribution in [0.1, 0.15) is 0 Å². The highest BCUT2D eigenvalue weighted by Gasteiger charge is 2.22. The van der Waals surface area contributed by atoms with Gasteiger partial charge < -0.3 is 9.80 Å². The van der Waals surface area contributed by atoms with Crippen molar-refractivity contribution in [1.29, 1.82) is 0 Å². The number of halogens is 1. The summed E-state index contributed by atoms with van der Waals surface area (Å²) in [6.45, 7) is 3.34. The lowest BCUT2D eigenvalue weighted by Gasteiger charge is -2.36. The Balaban J connectivity index is 1.46. The lowest BCUT2D eigenvalue weighted by Crippen LogP contribution is -2.47. The summed E-state index contributed by atoms with van der Waals surface area (Å²) in [5.41, 5.74) is 3.75. The smallest absolute Gasteiger partial charge is 0.204 e. The summed E-state index contributed by atoms with van der Waals surface area (Å²) < 4.78 is 15.1. The van der Waals surface area contributed by atoms with Crippen molar-refractivity contribution >= 4 is 28.2 Å². The summed E-state index contributed by atoms with van der Waals surface area (Å²) in [5, 5.41) is 8.36. The highest BCUT2D eigenvalue weighted by Crippen LogP contribution is 2.25. The molecule has 0 aliphatic carbocycles. The van der Waals surface area contributed by atoms with E-state index in [-0.39, 0.29) is 5.82 Å². The van der Waals surface area contributed by atoms with E-state index in [1.807, 2.05) is 40.8 Å². The van der Waals surface area contributed by atoms with Crippen molar-refractivity contribution in [3.05, 3.63) is 60.7 Å². The molecule has 2 aromatic heterocycles. The maximum absolute atomic E-state index is 13.1. The number of rotatable bonds is 2. The third kappa shape index (κ3) is 2.44. The Hall–Kier alpha value is -3.22. The number of nitrogens with zero attached hydrogens (tertiary/aromatic N) is 6. The van der Waals surface area contributed by atoms with Crippen LogP contribution in [-0.2, 0) is 0 Å². The first-order valence-corrected chi connectivity index (χ1v) is 8.63. The first kappa shape index (κ1) is 15.1. The van der Waals surface area contributed by atoms with Crippen LogP contribution in [0.3, 0.4) is 0 Å². The van der Waals surface area contributed by atoms with Gasteiger partial charge in [-0.1, -0.05) is 12.1 Å². The first-order chi connectivity index (χ1) is 12.8. The van der Waals surface area contributed by atoms with Crippen molar-refractivity contribution in [2.24, 2.45) is 0 Å². The molecule has 0 amide bonds. The number of anilines is 2. The molecule has 0 unspecified atom stereocenters. The molecule has 0 spiro atoms. The van der Waals surface area contributed by atoms with Crippen LogP contribution >= 0.6 is 0 Å². The van der Waals surface area contributed by atoms with Crippen LogP contribution in [0.5, 0.6) is 0 Å². The minimum Gasteiger partial charge on any atom is -0.368 e. The summed E-state index contributed by atoms with van der Waals surface area (Å²) >= 11 is 0. The quantitative estimate of drug-likeness (QED) is 0.557. The Morgan fingerprint density at radius 3 is 2.38 bits per heavy atom. The average molecular weight is 348 g/mol. The normalized spacial score (nSPS) is 15.1. The predicted octanol–water partition coefficient (Wildman–Crippen LogP) is 2.74. The number of aromatic nitrogens is 4. The van der Waals surface area contributed by atoms with E-state index in [0.29, 0.717) is 0 Å². The molecule has 1 aliphatic heterocycles. The van der Waals surface area contributed by atoms with Crippen LogP contribution in [0, 0.1) is 5.82 Å². The highest BCUT2D eigenvalue weighted by atomic mass is 19.1. The Kier molecular flexibility index (Phi) is 3.44. The third-order valence-electron chi connectivity index (χ3n) is 4.89. The Bertz CT molecular complexity index is 1070. The minimum absolute atomic E-state index is 0.207. The maximum atomic E-state index is 13.1. The SMILES string of the molecule is Fc1ccc(N2CCN(c3nc4ccccc4n4cnnc34)CC2)cc1. The van der Waals surface area contributed by atoms with Gasteiger partial charge in [0, 0.05) is 31.9 Å². The van der Waals surface area contributed by atoms with Gasteiger partial charge in [-0.15, -0.1) is 10.2 Å². The minimum atomic E-state index is -0.207. The molecular weight excluding hydrogens is 331 g/mol. The molecule has 26 heavy (non-hydrogen) atoms. The van der Waals surface area contributed by atoms with Crippen LogP contribution in [-0.4, -0.2) is 45.8 Å². The molecule has 1 fully saturated rings. The van der Waals surface area contributed by atoms with Crippen LogP contribution in [0.25, 0.3) is 16.7 Å². The predicted molar refractivity (Wildman–Crippen MR) is 99.1 cm³/mol. The summed E-state index contributed by atoms with van der Waals surface area (Å²) in [6, 6.07) is 14.7. The van der Waals surface area contributed by atoms with E-state index in [4.69, 9.17) is 4.98 Å². The third-order valence-corrected chi connectivity index (χ3v) is 4.89. The average Bonchev–Trinajstić information content (AvgIpc) is 3.18. The zero-order valence-electron chi connectivity index (χ0n) is 14.1. The molecule has 130 valence electrons. The van der Waals surface area contributed by atoms with Gasteiger partial charge in [-0.3, -0.25) is 4.40 Å². The van der Waals surface area contributed by atoms with Gasteiger partial charge in [0.05, 0.1) is 11.0 Å². The van der Waals surface area contributed by atoms with Crippen LogP contribution in [0.2, 0.25) is 0 Å². The monoisotopic (exact) mass is 348 g/mol. The molecule has 1 saturated heterocycles. The van der Waals surface area contributed by atoms with E-state index in [2.05, 4.69) is 20.0 Å². The Morgan fingerprint density at radius 2 is 1.58 bits per heavy atom. The Morgan fingerprint density at radius 1 is 0.846 bits per heavy atom. The number of hydrogen-bond donors (Lipinski definition) is 0. The molecule has 0 N–H and O–H groups in total. The van der Waals surface area contributed by atoms with Crippen molar-refractivity contribution in [3.63, 3.8) is 0 Å². The number of piperazine rings is 1. The molecule has 0 bridgehead atoms. The summed E-state index contributed by atoms with van der Waals surface area (Å²) in [4.78, 5) is 9.35. The molecule has 5 rings (SSSR count). The highest BCUT2D eigenvalue weighted by molar-refractivity contribution is 5.82. The number of benzene rings is 2. The van der Waals surface area contributed by atoms with Gasteiger partial charge in [-0.2, -0.15) is 0 Å². The van der Waals surface area contributed by atoms with E-state index < -0.39 is 0 Å². The van der Waals surface area contributed by atoms with Crippen molar-refractivity contribution in [3.8, 4) is 0 Å². The van der Waals surface area contributed by atoms with Crippen molar-refractivity contribution < 1.29 is 4.39 Å². The molecule has 7 heteroatoms. The number of hydrogen-bond acceptors (Lipinski definition) is 5. The second-order valence-electron chi connectivity index (χ2n) is 6.40. The van der Waals surface area contributed by atoms with E-state index in [0.717, 1.165) is 54.4 Å². The molecule has 2 aromatic carbocycles. The standard InChI is InChI=1S/C19H17FN6/c20-14-5-7-15(8-6-14)24-9-11-25(12-10-24)18-19-23-21-13-26(19)17-4-2-1-3-16(17)22-18/h1-8,13H,9-12H2.